The molecule has 0 amide bonds. The zero-order valence-electron chi connectivity index (χ0n) is 4.88. The predicted molar refractivity (Wildman–Crippen MR) is 51.4 cm³/mol. The van der Waals surface area contributed by atoms with Crippen molar-refractivity contribution in [2.45, 2.75) is 0 Å². The van der Waals surface area contributed by atoms with Crippen molar-refractivity contribution in [2.24, 2.45) is 0 Å². The van der Waals surface area contributed by atoms with E-state index in [4.69, 9.17) is 0 Å². The summed E-state index contributed by atoms with van der Waals surface area (Å²) >= 11 is 5.27. The third kappa shape index (κ3) is 2.50. The van der Waals surface area contributed by atoms with Gasteiger partial charge in [-0.1, -0.05) is 0 Å². The van der Waals surface area contributed by atoms with Crippen LogP contribution in [0.1, 0.15) is 0 Å². The van der Waals surface area contributed by atoms with Gasteiger partial charge in [-0.15, -0.1) is 0 Å². The number of aromatic nitrogens is 3. The van der Waals surface area contributed by atoms with Crippen molar-refractivity contribution in [3.8, 4) is 0 Å². The van der Waals surface area contributed by atoms with Crippen LogP contribution in [0.25, 0.3) is 0 Å². The first-order chi connectivity index (χ1) is 5.04. The summed E-state index contributed by atoms with van der Waals surface area (Å²) in [7, 11) is 0. The number of halogens is 2. The Kier molecular flexibility index (Phi) is 5.45. The van der Waals surface area contributed by atoms with Crippen LogP contribution in [0.3, 0.4) is 0 Å². The van der Waals surface area contributed by atoms with E-state index in [9.17, 15) is 14.4 Å². The maximum absolute atomic E-state index is 10.8. The summed E-state index contributed by atoms with van der Waals surface area (Å²) in [5.74, 6) is 0. The van der Waals surface area contributed by atoms with E-state index in [-0.39, 0.29) is 51.4 Å². The van der Waals surface area contributed by atoms with Crippen LogP contribution in [0.5, 0.6) is 0 Å². The molecule has 1 rings (SSSR count). The molecule has 0 spiro atoms. The Morgan fingerprint density at radius 1 is 1.00 bits per heavy atom. The van der Waals surface area contributed by atoms with Crippen molar-refractivity contribution in [2.75, 3.05) is 0 Å². The molecule has 12 heavy (non-hydrogen) atoms. The number of nitrogens with zero attached hydrogens (tertiary/aromatic N) is 2. The van der Waals surface area contributed by atoms with Crippen molar-refractivity contribution in [1.29, 1.82) is 0 Å². The minimum absolute atomic E-state index is 0. The van der Waals surface area contributed by atoms with Gasteiger partial charge in [-0.25, -0.2) is 14.4 Å². The van der Waals surface area contributed by atoms with Crippen LogP contribution in [0.4, 0.5) is 0 Å². The summed E-state index contributed by atoms with van der Waals surface area (Å²) in [5, 5.41) is 0. The van der Waals surface area contributed by atoms with Gasteiger partial charge in [0.25, 0.3) is 0 Å². The molecule has 1 N–H and O–H groups in total. The molecule has 1 aromatic heterocycles. The molecule has 0 aromatic carbocycles. The summed E-state index contributed by atoms with van der Waals surface area (Å²) in [6.07, 6.45) is 0. The van der Waals surface area contributed by atoms with Gasteiger partial charge < -0.3 is 0 Å². The zero-order chi connectivity index (χ0) is 8.59. The van der Waals surface area contributed by atoms with Crippen molar-refractivity contribution < 1.29 is 0 Å². The Morgan fingerprint density at radius 2 is 1.33 bits per heavy atom. The molecular formula is C3H2Br2KN3O3. The van der Waals surface area contributed by atoms with E-state index in [0.29, 0.717) is 7.19 Å². The van der Waals surface area contributed by atoms with Crippen LogP contribution in [0.2, 0.25) is 0 Å². The predicted octanol–water partition coefficient (Wildman–Crippen LogP) is -1.63. The molecule has 0 bridgehead atoms. The molecule has 0 atom stereocenters. The fraction of sp³-hybridized carbons (Fsp3) is 0. The van der Waals surface area contributed by atoms with Crippen LogP contribution in [-0.2, 0) is 0 Å². The number of aromatic amines is 1. The van der Waals surface area contributed by atoms with Crippen molar-refractivity contribution in [3.63, 3.8) is 0 Å². The first kappa shape index (κ1) is 13.0. The molecule has 9 heteroatoms. The van der Waals surface area contributed by atoms with E-state index in [1.54, 1.807) is 0 Å². The molecule has 0 aliphatic heterocycles. The normalized spacial score (nSPS) is 9.17. The molecule has 0 aliphatic rings. The fourth-order valence-corrected chi connectivity index (χ4v) is 1.15. The van der Waals surface area contributed by atoms with Crippen molar-refractivity contribution >= 4 is 83.7 Å². The van der Waals surface area contributed by atoms with Crippen LogP contribution >= 0.6 is 32.3 Å². The molecule has 0 fully saturated rings. The molecule has 6 nitrogen and oxygen atoms in total. The number of hydrogen-bond acceptors (Lipinski definition) is 3. The maximum atomic E-state index is 10.8. The molecule has 1 aromatic rings. The molecule has 62 valence electrons. The van der Waals surface area contributed by atoms with E-state index in [1.807, 2.05) is 4.98 Å². The molecule has 0 saturated carbocycles. The Bertz CT molecular complexity index is 408. The standard InChI is InChI=1S/C3HBr2N3O3.K.H/c4-7-1(9)6-2(10)8(5)3(7)11;;/h(H,6,9,10);;. The van der Waals surface area contributed by atoms with Crippen molar-refractivity contribution in [3.05, 3.63) is 31.5 Å². The van der Waals surface area contributed by atoms with Gasteiger partial charge in [-0.05, 0) is 0 Å². The van der Waals surface area contributed by atoms with E-state index in [1.165, 1.54) is 0 Å². The Balaban J connectivity index is 0.00000121. The van der Waals surface area contributed by atoms with Crippen LogP contribution in [0.15, 0.2) is 14.4 Å². The fourth-order valence-electron chi connectivity index (χ4n) is 0.440. The van der Waals surface area contributed by atoms with Crippen LogP contribution in [-0.4, -0.2) is 63.6 Å². The number of H-pyrrole nitrogens is 1. The van der Waals surface area contributed by atoms with Gasteiger partial charge in [0.05, 0.1) is 32.3 Å². The second-order valence-corrected chi connectivity index (χ2v) is 3.00. The van der Waals surface area contributed by atoms with E-state index >= 15 is 0 Å². The van der Waals surface area contributed by atoms with Gasteiger partial charge in [0.2, 0.25) is 0 Å². The van der Waals surface area contributed by atoms with Gasteiger partial charge in [0.15, 0.2) is 0 Å². The number of nitrogens with one attached hydrogen (secondary N) is 1. The van der Waals surface area contributed by atoms with E-state index in [2.05, 4.69) is 32.3 Å². The Hall–Kier alpha value is 1.01. The van der Waals surface area contributed by atoms with E-state index < -0.39 is 17.1 Å². The summed E-state index contributed by atoms with van der Waals surface area (Å²) in [4.78, 5) is 34.0. The first-order valence-electron chi connectivity index (χ1n) is 2.34. The minimum atomic E-state index is -0.810. The van der Waals surface area contributed by atoms with Gasteiger partial charge in [-0.2, -0.15) is 7.19 Å². The van der Waals surface area contributed by atoms with Crippen LogP contribution in [0, 0.1) is 0 Å². The third-order valence-electron chi connectivity index (χ3n) is 0.906. The summed E-state index contributed by atoms with van der Waals surface area (Å²) in [6.45, 7) is 0. The molecule has 0 aliphatic carbocycles. The monoisotopic (exact) mass is 325 g/mol. The van der Waals surface area contributed by atoms with Gasteiger partial charge >= 0.3 is 68.5 Å². The quantitative estimate of drug-likeness (QED) is 0.581. The molecular weight excluding hydrogens is 325 g/mol. The molecule has 0 radical (unpaired) electrons. The van der Waals surface area contributed by atoms with E-state index in [0.717, 1.165) is 0 Å². The zero-order valence-corrected chi connectivity index (χ0v) is 8.05. The summed E-state index contributed by atoms with van der Waals surface area (Å²) in [6, 6.07) is 0. The average molecular weight is 327 g/mol. The topological polar surface area (TPSA) is 76.9 Å². The first-order valence-corrected chi connectivity index (χ1v) is 3.76. The van der Waals surface area contributed by atoms with Gasteiger partial charge in [0, 0.05) is 0 Å². The summed E-state index contributed by atoms with van der Waals surface area (Å²) < 4.78 is 1.17. The molecule has 1 heterocycles. The van der Waals surface area contributed by atoms with Gasteiger partial charge in [-0.3, -0.25) is 4.98 Å². The second-order valence-electron chi connectivity index (χ2n) is 1.58. The second kappa shape index (κ2) is 5.03. The van der Waals surface area contributed by atoms with Gasteiger partial charge in [0.1, 0.15) is 0 Å². The number of hydrogen-bond donors (Lipinski definition) is 1. The van der Waals surface area contributed by atoms with Crippen molar-refractivity contribution in [1.82, 2.24) is 12.2 Å². The Labute approximate surface area is 125 Å². The van der Waals surface area contributed by atoms with Crippen LogP contribution < -0.4 is 17.1 Å². The SMILES string of the molecule is O=c1[nH]c(=O)n(Br)c(=O)n1Br.[KH]. The third-order valence-corrected chi connectivity index (χ3v) is 2.16. The average Bonchev–Trinajstić information content (AvgIpc) is 1.97. The molecule has 0 saturated heterocycles. The summed E-state index contributed by atoms with van der Waals surface area (Å²) in [5.41, 5.74) is -2.41. The Morgan fingerprint density at radius 3 is 1.67 bits per heavy atom. The number of rotatable bonds is 0. The molecule has 0 unspecified atom stereocenters.